The highest BCUT2D eigenvalue weighted by Gasteiger charge is 1.93. The molecule has 0 bridgehead atoms. The van der Waals surface area contributed by atoms with Gasteiger partial charge in [0.15, 0.2) is 10.5 Å². The second kappa shape index (κ2) is 1.69. The van der Waals surface area contributed by atoms with E-state index in [1.807, 2.05) is 0 Å². The minimum Gasteiger partial charge on any atom is -0.306 e. The van der Waals surface area contributed by atoms with Crippen LogP contribution in [0.1, 0.15) is 0 Å². The van der Waals surface area contributed by atoms with E-state index in [0.29, 0.717) is 0 Å². The van der Waals surface area contributed by atoms with E-state index in [1.54, 1.807) is 0 Å². The fourth-order valence-electron chi connectivity index (χ4n) is 0. The Morgan fingerprint density at radius 2 is 1.83 bits per heavy atom. The molecule has 0 saturated heterocycles. The maximum Gasteiger partial charge on any atom is 0.386 e. The largest absolute Gasteiger partial charge is 0.386 e. The summed E-state index contributed by atoms with van der Waals surface area (Å²) in [6.07, 6.45) is 0. The zero-order chi connectivity index (χ0) is 5.21. The number of rotatable bonds is 1. The maximum absolute atomic E-state index is 9.37. The Balaban J connectivity index is 3.85. The van der Waals surface area contributed by atoms with E-state index in [0.717, 1.165) is 0 Å². The minimum absolute atomic E-state index is 0.0100. The van der Waals surface area contributed by atoms with Crippen molar-refractivity contribution < 1.29 is 16.8 Å². The van der Waals surface area contributed by atoms with Gasteiger partial charge in [-0.1, -0.05) is 0 Å². The highest BCUT2D eigenvalue weighted by atomic mass is 32.3. The summed E-state index contributed by atoms with van der Waals surface area (Å²) in [6, 6.07) is 0. The molecular weight excluding hydrogens is 124 g/mol. The predicted octanol–water partition coefficient (Wildman–Crippen LogP) is -1.91. The summed E-state index contributed by atoms with van der Waals surface area (Å²) in [7, 11) is -4.09. The molecule has 0 spiro atoms. The summed E-state index contributed by atoms with van der Waals surface area (Å²) in [5, 5.41) is 0. The monoisotopic (exact) mass is 128 g/mol. The Morgan fingerprint density at radius 1 is 1.67 bits per heavy atom. The van der Waals surface area contributed by atoms with Crippen molar-refractivity contribution >= 4 is 20.9 Å². The normalized spacial score (nSPS) is 12.2. The molecule has 0 radical (unpaired) electrons. The first kappa shape index (κ1) is 6.09. The van der Waals surface area contributed by atoms with Gasteiger partial charge in [-0.2, -0.15) is 8.42 Å². The summed E-state index contributed by atoms with van der Waals surface area (Å²) >= 11 is 0. The molecule has 0 aliphatic rings. The van der Waals surface area contributed by atoms with Crippen molar-refractivity contribution in [2.75, 3.05) is 0 Å². The quantitative estimate of drug-likeness (QED) is 0.330. The second-order valence-electron chi connectivity index (χ2n) is 0.594. The Labute approximate surface area is 38.6 Å². The van der Waals surface area contributed by atoms with Crippen LogP contribution in [0.3, 0.4) is 0 Å². The van der Waals surface area contributed by atoms with Crippen LogP contribution in [-0.4, -0.2) is 23.5 Å². The standard InChI is InChI=1S/H4O4SSi/c1-5(2,3)4-6/h6H3,(H,1,2,3). The first-order chi connectivity index (χ1) is 2.56. The molecule has 0 aliphatic carbocycles. The fourth-order valence-corrected chi connectivity index (χ4v) is 0. The van der Waals surface area contributed by atoms with Gasteiger partial charge in [-0.15, -0.1) is 0 Å². The molecule has 38 valence electrons. The van der Waals surface area contributed by atoms with E-state index in [-0.39, 0.29) is 10.5 Å². The third-order valence-electron chi connectivity index (χ3n) is 0.211. The third kappa shape index (κ3) is 4.09. The molecule has 0 aromatic rings. The van der Waals surface area contributed by atoms with Gasteiger partial charge >= 0.3 is 10.4 Å². The molecule has 6 heteroatoms. The van der Waals surface area contributed by atoms with Crippen molar-refractivity contribution in [3.05, 3.63) is 0 Å². The Kier molecular flexibility index (Phi) is 1.72. The van der Waals surface area contributed by atoms with E-state index >= 15 is 0 Å². The summed E-state index contributed by atoms with van der Waals surface area (Å²) < 4.78 is 30.0. The zero-order valence-corrected chi connectivity index (χ0v) is 5.90. The lowest BCUT2D eigenvalue weighted by Gasteiger charge is -1.83. The van der Waals surface area contributed by atoms with E-state index < -0.39 is 10.4 Å². The second-order valence-corrected chi connectivity index (χ2v) is 2.78. The van der Waals surface area contributed by atoms with Crippen LogP contribution in [0.25, 0.3) is 0 Å². The van der Waals surface area contributed by atoms with Gasteiger partial charge in [0.1, 0.15) is 0 Å². The van der Waals surface area contributed by atoms with Crippen LogP contribution < -0.4 is 0 Å². The Hall–Kier alpha value is 0.0869. The molecule has 0 fully saturated rings. The Morgan fingerprint density at radius 3 is 1.83 bits per heavy atom. The van der Waals surface area contributed by atoms with Crippen molar-refractivity contribution in [2.24, 2.45) is 0 Å². The molecule has 1 N–H and O–H groups in total. The van der Waals surface area contributed by atoms with Gasteiger partial charge in [0.05, 0.1) is 0 Å². The lowest BCUT2D eigenvalue weighted by Crippen LogP contribution is -1.98. The highest BCUT2D eigenvalue weighted by molar-refractivity contribution is 7.81. The summed E-state index contributed by atoms with van der Waals surface area (Å²) in [4.78, 5) is 0. The Bertz CT molecular complexity index is 110. The van der Waals surface area contributed by atoms with Gasteiger partial charge in [-0.05, 0) is 0 Å². The molecule has 0 unspecified atom stereocenters. The zero-order valence-electron chi connectivity index (χ0n) is 3.08. The van der Waals surface area contributed by atoms with Gasteiger partial charge in [-0.3, -0.25) is 4.55 Å². The third-order valence-corrected chi connectivity index (χ3v) is 1.90. The van der Waals surface area contributed by atoms with Gasteiger partial charge in [0.25, 0.3) is 0 Å². The average Bonchev–Trinajstić information content (AvgIpc) is 1.35. The average molecular weight is 128 g/mol. The van der Waals surface area contributed by atoms with E-state index in [2.05, 4.69) is 3.87 Å². The summed E-state index contributed by atoms with van der Waals surface area (Å²) in [5.74, 6) is 0. The highest BCUT2D eigenvalue weighted by Crippen LogP contribution is 1.73. The van der Waals surface area contributed by atoms with Crippen LogP contribution in [0.2, 0.25) is 0 Å². The van der Waals surface area contributed by atoms with Gasteiger partial charge < -0.3 is 3.87 Å². The van der Waals surface area contributed by atoms with Crippen molar-refractivity contribution in [2.45, 2.75) is 0 Å². The molecule has 0 rings (SSSR count). The molecule has 0 aromatic carbocycles. The topological polar surface area (TPSA) is 63.6 Å². The smallest absolute Gasteiger partial charge is 0.306 e. The maximum atomic E-state index is 9.37. The van der Waals surface area contributed by atoms with Gasteiger partial charge in [-0.25, -0.2) is 0 Å². The SMILES string of the molecule is O=S(=O)(O)O[SiH3]. The molecule has 0 saturated carbocycles. The number of hydrogen-bond donors (Lipinski definition) is 1. The van der Waals surface area contributed by atoms with Crippen molar-refractivity contribution in [1.29, 1.82) is 0 Å². The van der Waals surface area contributed by atoms with Crippen LogP contribution in [0.5, 0.6) is 0 Å². The molecule has 0 aromatic heterocycles. The lowest BCUT2D eigenvalue weighted by atomic mass is 15.8. The minimum atomic E-state index is -4.10. The fraction of sp³-hybridized carbons (Fsp3) is 0. The molecule has 0 atom stereocenters. The predicted molar refractivity (Wildman–Crippen MR) is 22.6 cm³/mol. The van der Waals surface area contributed by atoms with Crippen molar-refractivity contribution in [3.63, 3.8) is 0 Å². The molecule has 4 nitrogen and oxygen atoms in total. The van der Waals surface area contributed by atoms with Gasteiger partial charge in [0, 0.05) is 0 Å². The molecule has 0 aliphatic heterocycles. The first-order valence-corrected chi connectivity index (χ1v) is 3.27. The van der Waals surface area contributed by atoms with Crippen LogP contribution in [0.4, 0.5) is 0 Å². The molecule has 6 heavy (non-hydrogen) atoms. The summed E-state index contributed by atoms with van der Waals surface area (Å²) in [6.45, 7) is 0. The van der Waals surface area contributed by atoms with E-state index in [4.69, 9.17) is 4.55 Å². The molecule has 0 heterocycles. The van der Waals surface area contributed by atoms with E-state index in [9.17, 15) is 8.42 Å². The lowest BCUT2D eigenvalue weighted by molar-refractivity contribution is 0.400. The van der Waals surface area contributed by atoms with E-state index in [1.165, 1.54) is 0 Å². The molecule has 0 amide bonds. The van der Waals surface area contributed by atoms with Crippen molar-refractivity contribution in [3.8, 4) is 0 Å². The van der Waals surface area contributed by atoms with Gasteiger partial charge in [0.2, 0.25) is 0 Å². The first-order valence-electron chi connectivity index (χ1n) is 1.09. The van der Waals surface area contributed by atoms with Crippen LogP contribution in [-0.2, 0) is 14.3 Å². The van der Waals surface area contributed by atoms with Crippen LogP contribution in [0, 0.1) is 0 Å². The van der Waals surface area contributed by atoms with Crippen LogP contribution in [0.15, 0.2) is 0 Å². The summed E-state index contributed by atoms with van der Waals surface area (Å²) in [5.41, 5.74) is 0. The van der Waals surface area contributed by atoms with Crippen LogP contribution >= 0.6 is 0 Å². The number of hydrogen-bond acceptors (Lipinski definition) is 3. The molecular formula is H4O4SSi. The van der Waals surface area contributed by atoms with Crippen molar-refractivity contribution in [1.82, 2.24) is 0 Å².